The molecule has 0 bridgehead atoms. The van der Waals surface area contributed by atoms with E-state index in [9.17, 15) is 19.5 Å². The lowest BCUT2D eigenvalue weighted by atomic mass is 9.73. The minimum absolute atomic E-state index is 0.0678. The third kappa shape index (κ3) is 8.25. The Hall–Kier alpha value is -1.67. The summed E-state index contributed by atoms with van der Waals surface area (Å²) in [6, 6.07) is -1.59. The maximum absolute atomic E-state index is 13.7. The average Bonchev–Trinajstić information content (AvgIpc) is 2.61. The Morgan fingerprint density at radius 3 is 1.64 bits per heavy atom. The fourth-order valence-corrected chi connectivity index (χ4v) is 4.78. The maximum Gasteiger partial charge on any atom is 0.309 e. The van der Waals surface area contributed by atoms with Crippen LogP contribution in [0.25, 0.3) is 0 Å². The van der Waals surface area contributed by atoms with E-state index in [0.29, 0.717) is 0 Å². The molecule has 0 heterocycles. The molecule has 0 rings (SSSR count). The first-order valence-corrected chi connectivity index (χ1v) is 11.9. The van der Waals surface area contributed by atoms with Gasteiger partial charge in [-0.1, -0.05) is 62.3 Å². The van der Waals surface area contributed by atoms with Crippen LogP contribution in [0.5, 0.6) is 0 Å². The molecule has 194 valence electrons. The molecular weight excluding hydrogens is 422 g/mol. The first kappa shape index (κ1) is 31.3. The topological polar surface area (TPSA) is 99.2 Å². The van der Waals surface area contributed by atoms with Crippen molar-refractivity contribution in [3.8, 4) is 0 Å². The predicted octanol–water partition coefficient (Wildman–Crippen LogP) is 2.96. The Bertz CT molecular complexity index is 647. The lowest BCUT2D eigenvalue weighted by Crippen LogP contribution is -2.61. The Kier molecular flexibility index (Phi) is 12.1. The molecule has 0 fully saturated rings. The van der Waals surface area contributed by atoms with Gasteiger partial charge in [-0.2, -0.15) is 0 Å². The maximum atomic E-state index is 13.7. The largest absolute Gasteiger partial charge is 0.481 e. The summed E-state index contributed by atoms with van der Waals surface area (Å²) in [6.07, 6.45) is -0.717. The standard InChI is InChI=1S/C25H49N3O5/c1-14(2)18(26-22(29)20(16(5)6)27(10)11)23(30)28(12)19(15(3)4)21(33-13)17(24(31)32)25(7,8)9/h14-21H,1-13H3,(H,26,29)(H,31,32)/t17?,18-,19-,20-,21+/m0/s1. The van der Waals surface area contributed by atoms with Gasteiger partial charge in [0.1, 0.15) is 6.04 Å². The third-order valence-corrected chi connectivity index (χ3v) is 6.30. The molecular formula is C25H49N3O5. The number of hydrogen-bond donors (Lipinski definition) is 2. The quantitative estimate of drug-likeness (QED) is 0.454. The molecule has 0 aromatic carbocycles. The first-order chi connectivity index (χ1) is 14.9. The summed E-state index contributed by atoms with van der Waals surface area (Å²) in [5.41, 5.74) is -0.578. The smallest absolute Gasteiger partial charge is 0.309 e. The third-order valence-electron chi connectivity index (χ3n) is 6.30. The SMILES string of the molecule is CO[C@H](C(C(=O)O)C(C)(C)C)[C@H](C(C)C)N(C)C(=O)[C@@H](NC(=O)[C@H](C(C)C)N(C)C)C(C)C. The molecule has 8 nitrogen and oxygen atoms in total. The van der Waals surface area contributed by atoms with E-state index in [4.69, 9.17) is 4.74 Å². The van der Waals surface area contributed by atoms with E-state index in [1.54, 1.807) is 11.9 Å². The molecule has 0 saturated carbocycles. The first-order valence-electron chi connectivity index (χ1n) is 11.9. The number of nitrogens with one attached hydrogen (secondary N) is 1. The van der Waals surface area contributed by atoms with Gasteiger partial charge >= 0.3 is 5.97 Å². The van der Waals surface area contributed by atoms with Crippen molar-refractivity contribution in [2.24, 2.45) is 29.1 Å². The van der Waals surface area contributed by atoms with Gasteiger partial charge in [-0.05, 0) is 37.3 Å². The zero-order valence-electron chi connectivity index (χ0n) is 23.1. The van der Waals surface area contributed by atoms with E-state index in [0.717, 1.165) is 0 Å². The second kappa shape index (κ2) is 12.7. The number of methoxy groups -OCH3 is 1. The molecule has 0 aliphatic carbocycles. The summed E-state index contributed by atoms with van der Waals surface area (Å²) < 4.78 is 5.75. The molecule has 0 spiro atoms. The second-order valence-corrected chi connectivity index (χ2v) is 11.4. The number of carboxylic acids is 1. The van der Waals surface area contributed by atoms with Crippen molar-refractivity contribution in [1.29, 1.82) is 0 Å². The van der Waals surface area contributed by atoms with Gasteiger partial charge < -0.3 is 20.1 Å². The number of amides is 2. The highest BCUT2D eigenvalue weighted by atomic mass is 16.5. The Labute approximate surface area is 201 Å². The fourth-order valence-electron chi connectivity index (χ4n) is 4.78. The monoisotopic (exact) mass is 471 g/mol. The molecule has 0 aromatic heterocycles. The van der Waals surface area contributed by atoms with E-state index >= 15 is 0 Å². The van der Waals surface area contributed by atoms with Crippen LogP contribution in [0, 0.1) is 29.1 Å². The number of carbonyl (C=O) groups is 3. The zero-order chi connectivity index (χ0) is 26.4. The van der Waals surface area contributed by atoms with E-state index in [-0.39, 0.29) is 35.6 Å². The molecule has 33 heavy (non-hydrogen) atoms. The summed E-state index contributed by atoms with van der Waals surface area (Å²) >= 11 is 0. The molecule has 0 saturated heterocycles. The lowest BCUT2D eigenvalue weighted by molar-refractivity contribution is -0.161. The van der Waals surface area contributed by atoms with Gasteiger partial charge in [0.2, 0.25) is 11.8 Å². The van der Waals surface area contributed by atoms with Crippen molar-refractivity contribution in [3.63, 3.8) is 0 Å². The predicted molar refractivity (Wildman–Crippen MR) is 132 cm³/mol. The Balaban J connectivity index is 6.15. The van der Waals surface area contributed by atoms with Crippen LogP contribution in [0.3, 0.4) is 0 Å². The average molecular weight is 472 g/mol. The highest BCUT2D eigenvalue weighted by molar-refractivity contribution is 5.90. The van der Waals surface area contributed by atoms with Crippen molar-refractivity contribution in [1.82, 2.24) is 15.1 Å². The number of likely N-dealkylation sites (N-methyl/N-ethyl adjacent to an activating group) is 2. The molecule has 0 aromatic rings. The molecule has 2 amide bonds. The fraction of sp³-hybridized carbons (Fsp3) is 0.880. The van der Waals surface area contributed by atoms with Crippen LogP contribution in [-0.2, 0) is 19.1 Å². The molecule has 1 unspecified atom stereocenters. The summed E-state index contributed by atoms with van der Waals surface area (Å²) in [5.74, 6) is -2.37. The van der Waals surface area contributed by atoms with Crippen LogP contribution < -0.4 is 5.32 Å². The highest BCUT2D eigenvalue weighted by Gasteiger charge is 2.46. The minimum Gasteiger partial charge on any atom is -0.481 e. The van der Waals surface area contributed by atoms with Crippen LogP contribution in [0.15, 0.2) is 0 Å². The molecule has 0 aliphatic heterocycles. The molecule has 0 aliphatic rings. The number of carbonyl (C=O) groups excluding carboxylic acids is 2. The van der Waals surface area contributed by atoms with E-state index < -0.39 is 35.5 Å². The number of hydrogen-bond acceptors (Lipinski definition) is 5. The van der Waals surface area contributed by atoms with Crippen LogP contribution in [0.1, 0.15) is 62.3 Å². The Morgan fingerprint density at radius 2 is 1.36 bits per heavy atom. The van der Waals surface area contributed by atoms with Gasteiger partial charge in [-0.25, -0.2) is 0 Å². The normalized spacial score (nSPS) is 17.1. The van der Waals surface area contributed by atoms with Crippen LogP contribution in [0.2, 0.25) is 0 Å². The van der Waals surface area contributed by atoms with E-state index in [2.05, 4.69) is 5.32 Å². The number of carboxylic acid groups (broad SMARTS) is 1. The molecule has 0 radical (unpaired) electrons. The number of nitrogens with zero attached hydrogens (tertiary/aromatic N) is 2. The molecule has 2 N–H and O–H groups in total. The van der Waals surface area contributed by atoms with Crippen molar-refractivity contribution < 1.29 is 24.2 Å². The summed E-state index contributed by atoms with van der Waals surface area (Å²) in [7, 11) is 6.86. The number of ether oxygens (including phenoxy) is 1. The van der Waals surface area contributed by atoms with Crippen molar-refractivity contribution in [2.75, 3.05) is 28.3 Å². The number of rotatable bonds is 12. The van der Waals surface area contributed by atoms with Crippen LogP contribution in [0.4, 0.5) is 0 Å². The van der Waals surface area contributed by atoms with Gasteiger partial charge in [0.05, 0.1) is 24.1 Å². The minimum atomic E-state index is -0.958. The van der Waals surface area contributed by atoms with Crippen LogP contribution in [-0.4, -0.2) is 85.2 Å². The van der Waals surface area contributed by atoms with Crippen molar-refractivity contribution in [3.05, 3.63) is 0 Å². The van der Waals surface area contributed by atoms with E-state index in [1.807, 2.05) is 81.3 Å². The summed E-state index contributed by atoms with van der Waals surface area (Å²) in [5, 5.41) is 13.0. The van der Waals surface area contributed by atoms with Gasteiger partial charge in [0.25, 0.3) is 0 Å². The number of aliphatic carboxylic acids is 1. The van der Waals surface area contributed by atoms with Crippen molar-refractivity contribution >= 4 is 17.8 Å². The van der Waals surface area contributed by atoms with Gasteiger partial charge in [-0.3, -0.25) is 19.3 Å². The van der Waals surface area contributed by atoms with Gasteiger partial charge in [0, 0.05) is 14.2 Å². The van der Waals surface area contributed by atoms with Gasteiger partial charge in [-0.15, -0.1) is 0 Å². The molecule has 8 heteroatoms. The molecule has 5 atom stereocenters. The zero-order valence-corrected chi connectivity index (χ0v) is 23.1. The lowest BCUT2D eigenvalue weighted by Gasteiger charge is -2.44. The van der Waals surface area contributed by atoms with E-state index in [1.165, 1.54) is 7.11 Å². The van der Waals surface area contributed by atoms with Crippen LogP contribution >= 0.6 is 0 Å². The summed E-state index contributed by atoms with van der Waals surface area (Å²) in [6.45, 7) is 17.2. The summed E-state index contributed by atoms with van der Waals surface area (Å²) in [4.78, 5) is 42.4. The van der Waals surface area contributed by atoms with Crippen molar-refractivity contribution in [2.45, 2.75) is 86.5 Å². The Morgan fingerprint density at radius 1 is 0.879 bits per heavy atom. The second-order valence-electron chi connectivity index (χ2n) is 11.4. The highest BCUT2D eigenvalue weighted by Crippen LogP contribution is 2.35. The van der Waals surface area contributed by atoms with Gasteiger partial charge in [0.15, 0.2) is 0 Å².